The van der Waals surface area contributed by atoms with Gasteiger partial charge in [-0.1, -0.05) is 48.0 Å². The van der Waals surface area contributed by atoms with Crippen LogP contribution in [0.25, 0.3) is 17.1 Å². The number of piperazine rings is 1. The molecule has 2 heterocycles. The van der Waals surface area contributed by atoms with Gasteiger partial charge in [-0.25, -0.2) is 4.98 Å². The summed E-state index contributed by atoms with van der Waals surface area (Å²) < 4.78 is 7.40. The van der Waals surface area contributed by atoms with E-state index >= 15 is 0 Å². The molecule has 0 spiro atoms. The van der Waals surface area contributed by atoms with E-state index in [1.807, 2.05) is 80.7 Å². The van der Waals surface area contributed by atoms with E-state index < -0.39 is 0 Å². The third kappa shape index (κ3) is 7.65. The Labute approximate surface area is 272 Å². The van der Waals surface area contributed by atoms with Gasteiger partial charge >= 0.3 is 0 Å². The minimum absolute atomic E-state index is 0. The van der Waals surface area contributed by atoms with Crippen LogP contribution in [-0.4, -0.2) is 78.7 Å². The number of carbonyl (C=O) groups excluding carboxylic acids is 1. The first-order chi connectivity index (χ1) is 19.9. The third-order valence-electron chi connectivity index (χ3n) is 7.94. The predicted octanol–water partition coefficient (Wildman–Crippen LogP) is 6.95. The molecule has 0 radical (unpaired) electrons. The molecule has 0 saturated carbocycles. The Morgan fingerprint density at radius 3 is 2.26 bits per heavy atom. The number of nitrogens with zero attached hydrogens (tertiary/aromatic N) is 5. The number of amides is 1. The van der Waals surface area contributed by atoms with Crippen molar-refractivity contribution in [3.05, 3.63) is 94.8 Å². The molecule has 0 aliphatic carbocycles. The van der Waals surface area contributed by atoms with Gasteiger partial charge in [0, 0.05) is 61.7 Å². The van der Waals surface area contributed by atoms with E-state index in [9.17, 15) is 4.79 Å². The van der Waals surface area contributed by atoms with Gasteiger partial charge in [-0.2, -0.15) is 0 Å². The van der Waals surface area contributed by atoms with Gasteiger partial charge in [-0.3, -0.25) is 14.3 Å². The minimum Gasteiger partial charge on any atom is -0.497 e. The van der Waals surface area contributed by atoms with Gasteiger partial charge in [0.1, 0.15) is 17.3 Å². The zero-order chi connectivity index (χ0) is 28.9. The summed E-state index contributed by atoms with van der Waals surface area (Å²) in [7, 11) is 3.53. The van der Waals surface area contributed by atoms with Crippen LogP contribution in [0.5, 0.6) is 5.75 Å². The van der Waals surface area contributed by atoms with E-state index in [0.29, 0.717) is 12.2 Å². The number of hydrogen-bond acceptors (Lipinski definition) is 5. The van der Waals surface area contributed by atoms with Gasteiger partial charge in [-0.05, 0) is 68.8 Å². The second kappa shape index (κ2) is 15.5. The number of ether oxygens (including phenoxy) is 1. The summed E-state index contributed by atoms with van der Waals surface area (Å²) in [6, 6.07) is 23.9. The van der Waals surface area contributed by atoms with Crippen molar-refractivity contribution in [3.8, 4) is 22.8 Å². The SMILES string of the molecule is COc1ccc(-n2c(-c3ccccc3)nc(C(=O)N(C)CCCN3CCN(c4cccc(Cl)c4C)CC3)c2C)cc1.Cl.Cl. The van der Waals surface area contributed by atoms with Crippen molar-refractivity contribution in [1.29, 1.82) is 0 Å². The van der Waals surface area contributed by atoms with Crippen LogP contribution in [0.2, 0.25) is 5.02 Å². The fourth-order valence-corrected chi connectivity index (χ4v) is 5.67. The maximum Gasteiger partial charge on any atom is 0.274 e. The zero-order valence-corrected chi connectivity index (χ0v) is 27.5. The Balaban J connectivity index is 0.00000253. The van der Waals surface area contributed by atoms with Crippen LogP contribution in [-0.2, 0) is 0 Å². The number of anilines is 1. The van der Waals surface area contributed by atoms with Crippen molar-refractivity contribution in [2.45, 2.75) is 20.3 Å². The fraction of sp³-hybridized carbons (Fsp3) is 0.333. The Hall–Kier alpha value is -3.23. The van der Waals surface area contributed by atoms with Gasteiger partial charge in [-0.15, -0.1) is 24.8 Å². The molecule has 5 rings (SSSR count). The van der Waals surface area contributed by atoms with E-state index in [4.69, 9.17) is 21.3 Å². The van der Waals surface area contributed by atoms with Crippen molar-refractivity contribution in [2.75, 3.05) is 58.3 Å². The molecule has 10 heteroatoms. The van der Waals surface area contributed by atoms with E-state index in [-0.39, 0.29) is 30.7 Å². The standard InChI is InChI=1S/C33H38ClN5O2.2ClH/c1-24-29(34)12-8-13-30(24)38-22-20-37(21-23-38)19-9-18-36(3)33(40)31-25(2)39(27-14-16-28(41-4)17-15-27)32(35-31)26-10-6-5-7-11-26;;/h5-8,10-17H,9,18-23H2,1-4H3;2*1H. The second-order valence-electron chi connectivity index (χ2n) is 10.6. The summed E-state index contributed by atoms with van der Waals surface area (Å²) in [6.45, 7) is 9.61. The number of methoxy groups -OCH3 is 1. The van der Waals surface area contributed by atoms with Crippen molar-refractivity contribution in [1.82, 2.24) is 19.4 Å². The molecule has 4 aromatic rings. The molecule has 1 fully saturated rings. The molecule has 230 valence electrons. The molecular weight excluding hydrogens is 605 g/mol. The highest BCUT2D eigenvalue weighted by molar-refractivity contribution is 6.31. The van der Waals surface area contributed by atoms with Crippen molar-refractivity contribution >= 4 is 48.0 Å². The van der Waals surface area contributed by atoms with E-state index in [1.54, 1.807) is 12.0 Å². The topological polar surface area (TPSA) is 53.8 Å². The maximum absolute atomic E-state index is 13.6. The summed E-state index contributed by atoms with van der Waals surface area (Å²) in [4.78, 5) is 25.2. The molecule has 43 heavy (non-hydrogen) atoms. The Kier molecular flexibility index (Phi) is 12.3. The first-order valence-electron chi connectivity index (χ1n) is 14.1. The lowest BCUT2D eigenvalue weighted by Gasteiger charge is -2.37. The average molecular weight is 645 g/mol. The van der Waals surface area contributed by atoms with Gasteiger partial charge in [0.15, 0.2) is 0 Å². The number of halogens is 3. The average Bonchev–Trinajstić information content (AvgIpc) is 3.35. The van der Waals surface area contributed by atoms with Crippen LogP contribution in [0, 0.1) is 13.8 Å². The summed E-state index contributed by atoms with van der Waals surface area (Å²) in [5.74, 6) is 1.47. The van der Waals surface area contributed by atoms with Gasteiger partial charge in [0.25, 0.3) is 5.91 Å². The van der Waals surface area contributed by atoms with Crippen LogP contribution in [0.15, 0.2) is 72.8 Å². The zero-order valence-electron chi connectivity index (χ0n) is 25.1. The predicted molar refractivity (Wildman–Crippen MR) is 181 cm³/mol. The fourth-order valence-electron chi connectivity index (χ4n) is 5.50. The van der Waals surface area contributed by atoms with Crippen molar-refractivity contribution < 1.29 is 9.53 Å². The molecule has 1 aliphatic rings. The van der Waals surface area contributed by atoms with Gasteiger partial charge < -0.3 is 14.5 Å². The first-order valence-corrected chi connectivity index (χ1v) is 14.5. The van der Waals surface area contributed by atoms with Gasteiger partial charge in [0.2, 0.25) is 0 Å². The smallest absolute Gasteiger partial charge is 0.274 e. The lowest BCUT2D eigenvalue weighted by molar-refractivity contribution is 0.0782. The molecule has 7 nitrogen and oxygen atoms in total. The van der Waals surface area contributed by atoms with Crippen LogP contribution in [0.4, 0.5) is 5.69 Å². The Morgan fingerprint density at radius 1 is 0.930 bits per heavy atom. The number of benzene rings is 3. The highest BCUT2D eigenvalue weighted by atomic mass is 35.5. The monoisotopic (exact) mass is 643 g/mol. The lowest BCUT2D eigenvalue weighted by atomic mass is 10.1. The molecule has 1 aromatic heterocycles. The minimum atomic E-state index is -0.0619. The second-order valence-corrected chi connectivity index (χ2v) is 11.0. The van der Waals surface area contributed by atoms with Crippen LogP contribution >= 0.6 is 36.4 Å². The molecule has 3 aromatic carbocycles. The molecule has 1 saturated heterocycles. The number of rotatable bonds is 9. The molecule has 0 N–H and O–H groups in total. The lowest BCUT2D eigenvalue weighted by Crippen LogP contribution is -2.47. The summed E-state index contributed by atoms with van der Waals surface area (Å²) >= 11 is 6.34. The van der Waals surface area contributed by atoms with Gasteiger partial charge in [0.05, 0.1) is 12.8 Å². The van der Waals surface area contributed by atoms with Crippen molar-refractivity contribution in [2.24, 2.45) is 0 Å². The summed E-state index contributed by atoms with van der Waals surface area (Å²) in [5.41, 5.74) is 5.55. The Morgan fingerprint density at radius 2 is 1.60 bits per heavy atom. The maximum atomic E-state index is 13.6. The largest absolute Gasteiger partial charge is 0.497 e. The van der Waals surface area contributed by atoms with Crippen LogP contribution in [0.3, 0.4) is 0 Å². The third-order valence-corrected chi connectivity index (χ3v) is 8.35. The molecule has 1 aliphatic heterocycles. The molecule has 0 atom stereocenters. The molecule has 1 amide bonds. The number of imidazole rings is 1. The first kappa shape index (κ1) is 34.3. The summed E-state index contributed by atoms with van der Waals surface area (Å²) in [5, 5.41) is 0.817. The normalized spacial score (nSPS) is 13.2. The van der Waals surface area contributed by atoms with Crippen molar-refractivity contribution in [3.63, 3.8) is 0 Å². The molecule has 0 bridgehead atoms. The van der Waals surface area contributed by atoms with E-state index in [2.05, 4.69) is 27.4 Å². The number of carbonyl (C=O) groups is 1. The number of aromatic nitrogens is 2. The summed E-state index contributed by atoms with van der Waals surface area (Å²) in [6.07, 6.45) is 0.905. The highest BCUT2D eigenvalue weighted by Gasteiger charge is 2.24. The quantitative estimate of drug-likeness (QED) is 0.198. The molecule has 0 unspecified atom stereocenters. The highest BCUT2D eigenvalue weighted by Crippen LogP contribution is 2.29. The van der Waals surface area contributed by atoms with E-state index in [1.165, 1.54) is 5.69 Å². The Bertz CT molecular complexity index is 1490. The number of hydrogen-bond donors (Lipinski definition) is 0. The van der Waals surface area contributed by atoms with E-state index in [0.717, 1.165) is 78.2 Å². The molecular formula is C33H40Cl3N5O2. The van der Waals surface area contributed by atoms with Crippen LogP contribution in [0.1, 0.15) is 28.2 Å². The van der Waals surface area contributed by atoms with Crippen LogP contribution < -0.4 is 9.64 Å².